The molecule has 3 aromatic rings. The lowest BCUT2D eigenvalue weighted by Gasteiger charge is -2.13. The summed E-state index contributed by atoms with van der Waals surface area (Å²) >= 11 is 7.10. The third kappa shape index (κ3) is 5.84. The van der Waals surface area contributed by atoms with Crippen molar-refractivity contribution in [1.29, 1.82) is 0 Å². The van der Waals surface area contributed by atoms with Crippen molar-refractivity contribution in [3.05, 3.63) is 88.7 Å². The quantitative estimate of drug-likeness (QED) is 0.449. The highest BCUT2D eigenvalue weighted by Crippen LogP contribution is 2.27. The molecule has 1 unspecified atom stereocenters. The molecule has 0 aromatic heterocycles. The smallest absolute Gasteiger partial charge is 0.255 e. The Morgan fingerprint density at radius 3 is 2.37 bits per heavy atom. The van der Waals surface area contributed by atoms with Crippen molar-refractivity contribution in [1.82, 2.24) is 0 Å². The Labute approximate surface area is 183 Å². The van der Waals surface area contributed by atoms with Gasteiger partial charge in [0.25, 0.3) is 5.91 Å². The number of halogens is 2. The SMILES string of the molecule is Cc1ccc(C(=O)Nc2cccc(SC(C)C(=O)Nc3ccc(F)c(Cl)c3)c2)cc1. The van der Waals surface area contributed by atoms with Gasteiger partial charge in [0.2, 0.25) is 5.91 Å². The summed E-state index contributed by atoms with van der Waals surface area (Å²) in [5, 5.41) is 5.12. The number of rotatable bonds is 6. The molecule has 0 bridgehead atoms. The number of carbonyl (C=O) groups excluding carboxylic acids is 2. The van der Waals surface area contributed by atoms with E-state index >= 15 is 0 Å². The summed E-state index contributed by atoms with van der Waals surface area (Å²) in [6, 6.07) is 18.6. The molecular weight excluding hydrogens is 423 g/mol. The standard InChI is InChI=1S/C23H20ClFN2O2S/c1-14-6-8-16(9-7-14)23(29)27-17-4-3-5-19(12-17)30-15(2)22(28)26-18-10-11-21(25)20(24)13-18/h3-13,15H,1-2H3,(H,26,28)(H,27,29). The van der Waals surface area contributed by atoms with Crippen molar-refractivity contribution in [2.24, 2.45) is 0 Å². The summed E-state index contributed by atoms with van der Waals surface area (Å²) < 4.78 is 13.3. The molecule has 3 rings (SSSR count). The van der Waals surface area contributed by atoms with E-state index in [4.69, 9.17) is 11.6 Å². The lowest BCUT2D eigenvalue weighted by atomic mass is 10.1. The lowest BCUT2D eigenvalue weighted by Crippen LogP contribution is -2.22. The fraction of sp³-hybridized carbons (Fsp3) is 0.130. The van der Waals surface area contributed by atoms with E-state index in [0.29, 0.717) is 16.9 Å². The Morgan fingerprint density at radius 1 is 0.967 bits per heavy atom. The average molecular weight is 443 g/mol. The van der Waals surface area contributed by atoms with Crippen LogP contribution in [0.3, 0.4) is 0 Å². The summed E-state index contributed by atoms with van der Waals surface area (Å²) in [5.74, 6) is -0.977. The first-order valence-corrected chi connectivity index (χ1v) is 10.5. The van der Waals surface area contributed by atoms with Crippen LogP contribution < -0.4 is 10.6 Å². The minimum absolute atomic E-state index is 0.0508. The van der Waals surface area contributed by atoms with Crippen molar-refractivity contribution in [3.63, 3.8) is 0 Å². The molecule has 1 atom stereocenters. The zero-order valence-electron chi connectivity index (χ0n) is 16.4. The van der Waals surface area contributed by atoms with E-state index in [1.54, 1.807) is 25.1 Å². The molecule has 0 heterocycles. The third-order valence-corrected chi connectivity index (χ3v) is 5.66. The second kappa shape index (κ2) is 9.78. The Balaban J connectivity index is 1.62. The molecule has 0 aliphatic rings. The van der Waals surface area contributed by atoms with Gasteiger partial charge >= 0.3 is 0 Å². The van der Waals surface area contributed by atoms with E-state index < -0.39 is 11.1 Å². The Kier molecular flexibility index (Phi) is 7.13. The van der Waals surface area contributed by atoms with Gasteiger partial charge < -0.3 is 10.6 Å². The second-order valence-corrected chi connectivity index (χ2v) is 8.55. The molecule has 0 saturated heterocycles. The van der Waals surface area contributed by atoms with Gasteiger partial charge in [-0.25, -0.2) is 4.39 Å². The highest BCUT2D eigenvalue weighted by molar-refractivity contribution is 8.00. The van der Waals surface area contributed by atoms with Crippen LogP contribution in [0.25, 0.3) is 0 Å². The maximum atomic E-state index is 13.3. The Bertz CT molecular complexity index is 1070. The lowest BCUT2D eigenvalue weighted by molar-refractivity contribution is -0.115. The molecule has 0 aliphatic heterocycles. The van der Waals surface area contributed by atoms with Gasteiger partial charge in [-0.15, -0.1) is 11.8 Å². The van der Waals surface area contributed by atoms with Gasteiger partial charge in [0, 0.05) is 21.8 Å². The molecular formula is C23H20ClFN2O2S. The number of thioether (sulfide) groups is 1. The predicted molar refractivity (Wildman–Crippen MR) is 121 cm³/mol. The van der Waals surface area contributed by atoms with Crippen LogP contribution in [0.4, 0.5) is 15.8 Å². The number of anilines is 2. The van der Waals surface area contributed by atoms with Crippen molar-refractivity contribution in [2.75, 3.05) is 10.6 Å². The molecule has 2 amide bonds. The van der Waals surface area contributed by atoms with Gasteiger partial charge in [0.05, 0.1) is 10.3 Å². The van der Waals surface area contributed by atoms with Crippen LogP contribution in [0.5, 0.6) is 0 Å². The zero-order valence-corrected chi connectivity index (χ0v) is 18.0. The largest absolute Gasteiger partial charge is 0.325 e. The van der Waals surface area contributed by atoms with Gasteiger partial charge in [-0.2, -0.15) is 0 Å². The molecule has 3 aromatic carbocycles. The minimum Gasteiger partial charge on any atom is -0.325 e. The fourth-order valence-electron chi connectivity index (χ4n) is 2.63. The monoisotopic (exact) mass is 442 g/mol. The zero-order chi connectivity index (χ0) is 21.7. The molecule has 0 fully saturated rings. The maximum absolute atomic E-state index is 13.3. The molecule has 0 saturated carbocycles. The van der Waals surface area contributed by atoms with Crippen LogP contribution in [0.15, 0.2) is 71.6 Å². The van der Waals surface area contributed by atoms with Crippen molar-refractivity contribution >= 4 is 46.6 Å². The summed E-state index contributed by atoms with van der Waals surface area (Å²) in [4.78, 5) is 25.7. The summed E-state index contributed by atoms with van der Waals surface area (Å²) in [7, 11) is 0. The topological polar surface area (TPSA) is 58.2 Å². The molecule has 2 N–H and O–H groups in total. The maximum Gasteiger partial charge on any atom is 0.255 e. The Morgan fingerprint density at radius 2 is 1.67 bits per heavy atom. The van der Waals surface area contributed by atoms with Crippen LogP contribution in [0.1, 0.15) is 22.8 Å². The molecule has 0 spiro atoms. The summed E-state index contributed by atoms with van der Waals surface area (Å²) in [6.07, 6.45) is 0. The number of nitrogens with one attached hydrogen (secondary N) is 2. The number of benzene rings is 3. The van der Waals surface area contributed by atoms with E-state index in [2.05, 4.69) is 10.6 Å². The predicted octanol–water partition coefficient (Wildman–Crippen LogP) is 6.16. The molecule has 154 valence electrons. The summed E-state index contributed by atoms with van der Waals surface area (Å²) in [5.41, 5.74) is 2.73. The van der Waals surface area contributed by atoms with Crippen molar-refractivity contribution in [3.8, 4) is 0 Å². The van der Waals surface area contributed by atoms with E-state index in [1.807, 2.05) is 37.3 Å². The van der Waals surface area contributed by atoms with Crippen LogP contribution in [0.2, 0.25) is 5.02 Å². The number of hydrogen-bond acceptors (Lipinski definition) is 3. The highest BCUT2D eigenvalue weighted by atomic mass is 35.5. The van der Waals surface area contributed by atoms with E-state index in [-0.39, 0.29) is 16.8 Å². The van der Waals surface area contributed by atoms with Gasteiger partial charge in [-0.3, -0.25) is 9.59 Å². The Hall–Kier alpha value is -2.83. The average Bonchev–Trinajstić information content (AvgIpc) is 2.71. The fourth-order valence-corrected chi connectivity index (χ4v) is 3.74. The van der Waals surface area contributed by atoms with Crippen LogP contribution in [0, 0.1) is 12.7 Å². The first-order chi connectivity index (χ1) is 14.3. The van der Waals surface area contributed by atoms with Gasteiger partial charge in [0.1, 0.15) is 5.82 Å². The van der Waals surface area contributed by atoms with Crippen molar-refractivity contribution < 1.29 is 14.0 Å². The molecule has 0 radical (unpaired) electrons. The van der Waals surface area contributed by atoms with Gasteiger partial charge in [0.15, 0.2) is 0 Å². The highest BCUT2D eigenvalue weighted by Gasteiger charge is 2.16. The number of aryl methyl sites for hydroxylation is 1. The first-order valence-electron chi connectivity index (χ1n) is 9.22. The van der Waals surface area contributed by atoms with Crippen LogP contribution >= 0.6 is 23.4 Å². The minimum atomic E-state index is -0.540. The molecule has 4 nitrogen and oxygen atoms in total. The van der Waals surface area contributed by atoms with E-state index in [0.717, 1.165) is 10.5 Å². The third-order valence-electron chi connectivity index (χ3n) is 4.27. The summed E-state index contributed by atoms with van der Waals surface area (Å²) in [6.45, 7) is 3.73. The first kappa shape index (κ1) is 21.9. The van der Waals surface area contributed by atoms with Gasteiger partial charge in [-0.1, -0.05) is 35.4 Å². The number of amides is 2. The molecule has 30 heavy (non-hydrogen) atoms. The van der Waals surface area contributed by atoms with E-state index in [1.165, 1.54) is 30.0 Å². The molecule has 7 heteroatoms. The van der Waals surface area contributed by atoms with Crippen LogP contribution in [-0.2, 0) is 4.79 Å². The van der Waals surface area contributed by atoms with Crippen molar-refractivity contribution in [2.45, 2.75) is 24.0 Å². The second-order valence-electron chi connectivity index (χ2n) is 6.73. The number of carbonyl (C=O) groups is 2. The number of hydrogen-bond donors (Lipinski definition) is 2. The van der Waals surface area contributed by atoms with E-state index in [9.17, 15) is 14.0 Å². The molecule has 0 aliphatic carbocycles. The van der Waals surface area contributed by atoms with Gasteiger partial charge in [-0.05, 0) is 62.4 Å². The van der Waals surface area contributed by atoms with Crippen LogP contribution in [-0.4, -0.2) is 17.1 Å². The normalized spacial score (nSPS) is 11.6.